The average Bonchev–Trinajstić information content (AvgIpc) is 2.63. The van der Waals surface area contributed by atoms with Crippen LogP contribution < -0.4 is 10.6 Å². The molecule has 1 atom stereocenters. The summed E-state index contributed by atoms with van der Waals surface area (Å²) >= 11 is 0. The van der Waals surface area contributed by atoms with Gasteiger partial charge in [0.15, 0.2) is 0 Å². The number of amides is 1. The van der Waals surface area contributed by atoms with Crippen LogP contribution in [0.2, 0.25) is 0 Å². The van der Waals surface area contributed by atoms with Gasteiger partial charge >= 0.3 is 0 Å². The normalized spacial score (nSPS) is 28.5. The van der Waals surface area contributed by atoms with Crippen LogP contribution in [-0.2, 0) is 4.79 Å². The summed E-state index contributed by atoms with van der Waals surface area (Å²) in [5.41, 5.74) is 0. The van der Waals surface area contributed by atoms with Crippen LogP contribution in [0.1, 0.15) is 57.8 Å². The van der Waals surface area contributed by atoms with E-state index in [1.54, 1.807) is 0 Å². The maximum absolute atomic E-state index is 11.1. The van der Waals surface area contributed by atoms with Gasteiger partial charge in [-0.2, -0.15) is 0 Å². The molecule has 0 aromatic heterocycles. The molecular formula is C13H24N2O. The Morgan fingerprint density at radius 1 is 1.06 bits per heavy atom. The van der Waals surface area contributed by atoms with Crippen LogP contribution in [0.15, 0.2) is 0 Å². The van der Waals surface area contributed by atoms with Crippen molar-refractivity contribution < 1.29 is 4.79 Å². The van der Waals surface area contributed by atoms with Gasteiger partial charge < -0.3 is 10.6 Å². The third-order valence-electron chi connectivity index (χ3n) is 3.84. The molecule has 92 valence electrons. The van der Waals surface area contributed by atoms with E-state index in [0.29, 0.717) is 12.1 Å². The lowest BCUT2D eigenvalue weighted by molar-refractivity contribution is -0.119. The monoisotopic (exact) mass is 224 g/mol. The smallest absolute Gasteiger partial charge is 0.220 e. The lowest BCUT2D eigenvalue weighted by Gasteiger charge is -2.22. The van der Waals surface area contributed by atoms with Crippen LogP contribution in [-0.4, -0.2) is 24.5 Å². The summed E-state index contributed by atoms with van der Waals surface area (Å²) < 4.78 is 0. The summed E-state index contributed by atoms with van der Waals surface area (Å²) in [5.74, 6) is 0.226. The molecule has 3 heteroatoms. The Hall–Kier alpha value is -0.570. The Kier molecular flexibility index (Phi) is 4.64. The van der Waals surface area contributed by atoms with Crippen LogP contribution in [0.4, 0.5) is 0 Å². The average molecular weight is 224 g/mol. The lowest BCUT2D eigenvalue weighted by atomic mass is 9.96. The highest BCUT2D eigenvalue weighted by Gasteiger charge is 2.21. The highest BCUT2D eigenvalue weighted by molar-refractivity contribution is 5.78. The molecule has 0 aromatic carbocycles. The molecule has 3 nitrogen and oxygen atoms in total. The second kappa shape index (κ2) is 6.24. The second-order valence-electron chi connectivity index (χ2n) is 5.25. The fourth-order valence-electron chi connectivity index (χ4n) is 2.80. The zero-order valence-electron chi connectivity index (χ0n) is 10.1. The number of carbonyl (C=O) groups excluding carboxylic acids is 1. The minimum atomic E-state index is 0.226. The van der Waals surface area contributed by atoms with Gasteiger partial charge in [0, 0.05) is 25.0 Å². The van der Waals surface area contributed by atoms with E-state index < -0.39 is 0 Å². The van der Waals surface area contributed by atoms with E-state index >= 15 is 0 Å². The first-order valence-electron chi connectivity index (χ1n) is 6.87. The molecule has 0 bridgehead atoms. The van der Waals surface area contributed by atoms with Crippen molar-refractivity contribution in [3.05, 3.63) is 0 Å². The number of carbonyl (C=O) groups is 1. The standard InChI is InChI=1S/C13H24N2O/c16-13-9-8-12(15-13)10-14-11-6-4-2-1-3-5-7-11/h11-12,14H,1-10H2,(H,15,16). The molecule has 1 aliphatic heterocycles. The molecule has 1 saturated heterocycles. The summed E-state index contributed by atoms with van der Waals surface area (Å²) in [4.78, 5) is 11.1. The van der Waals surface area contributed by atoms with Gasteiger partial charge in [-0.05, 0) is 19.3 Å². The number of hydrogen-bond acceptors (Lipinski definition) is 2. The van der Waals surface area contributed by atoms with Crippen molar-refractivity contribution in [2.24, 2.45) is 0 Å². The first-order chi connectivity index (χ1) is 7.84. The molecular weight excluding hydrogens is 200 g/mol. The lowest BCUT2D eigenvalue weighted by Crippen LogP contribution is -2.40. The topological polar surface area (TPSA) is 41.1 Å². The predicted octanol–water partition coefficient (Wildman–Crippen LogP) is 1.97. The quantitative estimate of drug-likeness (QED) is 0.769. The van der Waals surface area contributed by atoms with Crippen molar-refractivity contribution in [2.75, 3.05) is 6.54 Å². The fraction of sp³-hybridized carbons (Fsp3) is 0.923. The predicted molar refractivity (Wildman–Crippen MR) is 65.3 cm³/mol. The van der Waals surface area contributed by atoms with E-state index in [1.807, 2.05) is 0 Å². The second-order valence-corrected chi connectivity index (χ2v) is 5.25. The third kappa shape index (κ3) is 3.78. The number of hydrogen-bond donors (Lipinski definition) is 2. The molecule has 0 spiro atoms. The van der Waals surface area contributed by atoms with E-state index in [4.69, 9.17) is 0 Å². The molecule has 1 amide bonds. The third-order valence-corrected chi connectivity index (χ3v) is 3.84. The minimum absolute atomic E-state index is 0.226. The van der Waals surface area contributed by atoms with Crippen LogP contribution in [0.25, 0.3) is 0 Å². The van der Waals surface area contributed by atoms with E-state index in [1.165, 1.54) is 44.9 Å². The molecule has 1 saturated carbocycles. The highest BCUT2D eigenvalue weighted by Crippen LogP contribution is 2.17. The van der Waals surface area contributed by atoms with Gasteiger partial charge in [0.25, 0.3) is 0 Å². The molecule has 16 heavy (non-hydrogen) atoms. The summed E-state index contributed by atoms with van der Waals surface area (Å²) in [5, 5.41) is 6.66. The van der Waals surface area contributed by atoms with Gasteiger partial charge in [-0.15, -0.1) is 0 Å². The molecule has 0 radical (unpaired) electrons. The Labute approximate surface area is 98.4 Å². The molecule has 1 unspecified atom stereocenters. The van der Waals surface area contributed by atoms with E-state index in [0.717, 1.165) is 19.4 Å². The largest absolute Gasteiger partial charge is 0.352 e. The van der Waals surface area contributed by atoms with Gasteiger partial charge in [-0.1, -0.05) is 32.1 Å². The number of rotatable bonds is 3. The van der Waals surface area contributed by atoms with Gasteiger partial charge in [0.1, 0.15) is 0 Å². The van der Waals surface area contributed by atoms with Crippen molar-refractivity contribution in [3.8, 4) is 0 Å². The van der Waals surface area contributed by atoms with Crippen molar-refractivity contribution in [2.45, 2.75) is 69.9 Å². The highest BCUT2D eigenvalue weighted by atomic mass is 16.1. The molecule has 2 aliphatic rings. The Bertz CT molecular complexity index is 222. The molecule has 0 aromatic rings. The number of nitrogens with one attached hydrogen (secondary N) is 2. The minimum Gasteiger partial charge on any atom is -0.352 e. The summed E-state index contributed by atoms with van der Waals surface area (Å²) in [6.45, 7) is 0.969. The first-order valence-corrected chi connectivity index (χ1v) is 6.87. The summed E-state index contributed by atoms with van der Waals surface area (Å²) in [7, 11) is 0. The van der Waals surface area contributed by atoms with E-state index in [9.17, 15) is 4.79 Å². The van der Waals surface area contributed by atoms with E-state index in [2.05, 4.69) is 10.6 Å². The van der Waals surface area contributed by atoms with Crippen LogP contribution in [0.3, 0.4) is 0 Å². The Morgan fingerprint density at radius 2 is 1.75 bits per heavy atom. The van der Waals surface area contributed by atoms with E-state index in [-0.39, 0.29) is 5.91 Å². The van der Waals surface area contributed by atoms with Gasteiger partial charge in [0.05, 0.1) is 0 Å². The van der Waals surface area contributed by atoms with Crippen LogP contribution in [0.5, 0.6) is 0 Å². The summed E-state index contributed by atoms with van der Waals surface area (Å²) in [6.07, 6.45) is 11.3. The van der Waals surface area contributed by atoms with Crippen molar-refractivity contribution >= 4 is 5.91 Å². The Morgan fingerprint density at radius 3 is 2.38 bits per heavy atom. The molecule has 2 N–H and O–H groups in total. The SMILES string of the molecule is O=C1CCC(CNC2CCCCCCC2)N1. The van der Waals surface area contributed by atoms with Gasteiger partial charge in [0.2, 0.25) is 5.91 Å². The van der Waals surface area contributed by atoms with Crippen molar-refractivity contribution in [3.63, 3.8) is 0 Å². The fourth-order valence-corrected chi connectivity index (χ4v) is 2.80. The molecule has 1 heterocycles. The van der Waals surface area contributed by atoms with Crippen LogP contribution >= 0.6 is 0 Å². The zero-order valence-corrected chi connectivity index (χ0v) is 10.1. The Balaban J connectivity index is 1.65. The van der Waals surface area contributed by atoms with Gasteiger partial charge in [-0.3, -0.25) is 4.79 Å². The summed E-state index contributed by atoms with van der Waals surface area (Å²) in [6, 6.07) is 1.08. The zero-order chi connectivity index (χ0) is 11.2. The first kappa shape index (κ1) is 11.9. The van der Waals surface area contributed by atoms with Crippen molar-refractivity contribution in [1.82, 2.24) is 10.6 Å². The van der Waals surface area contributed by atoms with Crippen LogP contribution in [0, 0.1) is 0 Å². The maximum Gasteiger partial charge on any atom is 0.220 e. The van der Waals surface area contributed by atoms with Gasteiger partial charge in [-0.25, -0.2) is 0 Å². The molecule has 2 rings (SSSR count). The molecule has 1 aliphatic carbocycles. The maximum atomic E-state index is 11.1. The molecule has 2 fully saturated rings. The van der Waals surface area contributed by atoms with Crippen molar-refractivity contribution in [1.29, 1.82) is 0 Å².